The number of piperazine rings is 1. The van der Waals surface area contributed by atoms with Crippen LogP contribution in [0.2, 0.25) is 5.02 Å². The Morgan fingerprint density at radius 2 is 1.80 bits per heavy atom. The van der Waals surface area contributed by atoms with Crippen molar-refractivity contribution in [3.8, 4) is 11.1 Å². The minimum atomic E-state index is 0.808. The van der Waals surface area contributed by atoms with Crippen molar-refractivity contribution in [3.63, 3.8) is 0 Å². The summed E-state index contributed by atoms with van der Waals surface area (Å²) in [7, 11) is 0. The highest BCUT2D eigenvalue weighted by atomic mass is 35.5. The van der Waals surface area contributed by atoms with Crippen LogP contribution in [0.3, 0.4) is 0 Å². The van der Waals surface area contributed by atoms with E-state index in [0.29, 0.717) is 0 Å². The quantitative estimate of drug-likeness (QED) is 0.905. The van der Waals surface area contributed by atoms with Crippen LogP contribution in [-0.4, -0.2) is 26.2 Å². The normalized spacial score (nSPS) is 15.4. The van der Waals surface area contributed by atoms with Gasteiger partial charge in [0.1, 0.15) is 0 Å². The lowest BCUT2D eigenvalue weighted by molar-refractivity contribution is 0.588. The van der Waals surface area contributed by atoms with Gasteiger partial charge < -0.3 is 10.2 Å². The van der Waals surface area contributed by atoms with Gasteiger partial charge in [-0.05, 0) is 30.2 Å². The fraction of sp³-hybridized carbons (Fsp3) is 0.294. The fourth-order valence-corrected chi connectivity index (χ4v) is 2.96. The molecule has 0 atom stereocenters. The molecule has 1 N–H and O–H groups in total. The van der Waals surface area contributed by atoms with Crippen LogP contribution in [-0.2, 0) is 0 Å². The summed E-state index contributed by atoms with van der Waals surface area (Å²) in [6.07, 6.45) is 0. The third kappa shape index (κ3) is 2.67. The van der Waals surface area contributed by atoms with Gasteiger partial charge in [0.25, 0.3) is 0 Å². The van der Waals surface area contributed by atoms with Crippen molar-refractivity contribution < 1.29 is 0 Å². The summed E-state index contributed by atoms with van der Waals surface area (Å²) in [5.74, 6) is 0. The number of nitrogens with zero attached hydrogens (tertiary/aromatic N) is 1. The van der Waals surface area contributed by atoms with Crippen LogP contribution < -0.4 is 10.2 Å². The van der Waals surface area contributed by atoms with Crippen molar-refractivity contribution >= 4 is 17.3 Å². The van der Waals surface area contributed by atoms with Gasteiger partial charge in [-0.2, -0.15) is 0 Å². The zero-order chi connectivity index (χ0) is 13.9. The van der Waals surface area contributed by atoms with E-state index < -0.39 is 0 Å². The van der Waals surface area contributed by atoms with Gasteiger partial charge in [0.15, 0.2) is 0 Å². The van der Waals surface area contributed by atoms with E-state index in [0.717, 1.165) is 36.8 Å². The maximum absolute atomic E-state index is 6.31. The molecule has 2 aromatic rings. The van der Waals surface area contributed by atoms with Crippen molar-refractivity contribution in [2.24, 2.45) is 0 Å². The van der Waals surface area contributed by atoms with Crippen LogP contribution in [0.25, 0.3) is 11.1 Å². The molecule has 0 bridgehead atoms. The Bertz CT molecular complexity index is 604. The topological polar surface area (TPSA) is 15.3 Å². The first-order valence-electron chi connectivity index (χ1n) is 7.07. The van der Waals surface area contributed by atoms with E-state index in [4.69, 9.17) is 11.6 Å². The molecule has 3 rings (SSSR count). The third-order valence-electron chi connectivity index (χ3n) is 3.85. The monoisotopic (exact) mass is 286 g/mol. The SMILES string of the molecule is Cc1ccc(-c2ccccc2Cl)cc1N1CCNCC1. The summed E-state index contributed by atoms with van der Waals surface area (Å²) in [4.78, 5) is 2.45. The second kappa shape index (κ2) is 5.86. The van der Waals surface area contributed by atoms with Gasteiger partial charge in [-0.3, -0.25) is 0 Å². The Labute approximate surface area is 125 Å². The maximum atomic E-state index is 6.31. The van der Waals surface area contributed by atoms with E-state index in [1.54, 1.807) is 0 Å². The Morgan fingerprint density at radius 3 is 2.55 bits per heavy atom. The van der Waals surface area contributed by atoms with E-state index in [1.165, 1.54) is 16.8 Å². The smallest absolute Gasteiger partial charge is 0.0484 e. The van der Waals surface area contributed by atoms with Crippen LogP contribution in [0.5, 0.6) is 0 Å². The van der Waals surface area contributed by atoms with Crippen molar-refractivity contribution in [2.45, 2.75) is 6.92 Å². The number of aryl methyl sites for hydroxylation is 1. The largest absolute Gasteiger partial charge is 0.369 e. The molecule has 2 aromatic carbocycles. The minimum absolute atomic E-state index is 0.808. The van der Waals surface area contributed by atoms with Gasteiger partial charge in [0.05, 0.1) is 0 Å². The Kier molecular flexibility index (Phi) is 3.95. The lowest BCUT2D eigenvalue weighted by Gasteiger charge is -2.31. The molecule has 2 nitrogen and oxygen atoms in total. The summed E-state index contributed by atoms with van der Waals surface area (Å²) in [6, 6.07) is 14.6. The molecule has 0 amide bonds. The molecule has 1 aliphatic heterocycles. The van der Waals surface area contributed by atoms with Gasteiger partial charge in [-0.1, -0.05) is 41.9 Å². The molecule has 1 heterocycles. The van der Waals surface area contributed by atoms with Crippen LogP contribution in [0, 0.1) is 6.92 Å². The Hall–Kier alpha value is -1.51. The van der Waals surface area contributed by atoms with Crippen molar-refractivity contribution in [2.75, 3.05) is 31.1 Å². The van der Waals surface area contributed by atoms with Crippen molar-refractivity contribution in [1.29, 1.82) is 0 Å². The van der Waals surface area contributed by atoms with Crippen LogP contribution in [0.15, 0.2) is 42.5 Å². The molecular formula is C17H19ClN2. The number of rotatable bonds is 2. The molecule has 20 heavy (non-hydrogen) atoms. The molecule has 1 fully saturated rings. The van der Waals surface area contributed by atoms with E-state index in [-0.39, 0.29) is 0 Å². The van der Waals surface area contributed by atoms with Crippen LogP contribution in [0.4, 0.5) is 5.69 Å². The number of anilines is 1. The van der Waals surface area contributed by atoms with Crippen LogP contribution >= 0.6 is 11.6 Å². The Morgan fingerprint density at radius 1 is 1.05 bits per heavy atom. The maximum Gasteiger partial charge on any atom is 0.0484 e. The van der Waals surface area contributed by atoms with E-state index in [1.807, 2.05) is 18.2 Å². The van der Waals surface area contributed by atoms with Gasteiger partial charge in [0.2, 0.25) is 0 Å². The standard InChI is InChI=1S/C17H19ClN2/c1-13-6-7-14(15-4-2-3-5-16(15)18)12-17(13)20-10-8-19-9-11-20/h2-7,12,19H,8-11H2,1H3. The lowest BCUT2D eigenvalue weighted by Crippen LogP contribution is -2.43. The highest BCUT2D eigenvalue weighted by molar-refractivity contribution is 6.33. The first-order chi connectivity index (χ1) is 9.75. The zero-order valence-corrected chi connectivity index (χ0v) is 12.5. The second-order valence-corrected chi connectivity index (χ2v) is 5.63. The molecule has 0 unspecified atom stereocenters. The summed E-state index contributed by atoms with van der Waals surface area (Å²) < 4.78 is 0. The van der Waals surface area contributed by atoms with Gasteiger partial charge in [-0.25, -0.2) is 0 Å². The van der Waals surface area contributed by atoms with Crippen molar-refractivity contribution in [3.05, 3.63) is 53.1 Å². The second-order valence-electron chi connectivity index (χ2n) is 5.22. The molecule has 0 aromatic heterocycles. The molecule has 0 radical (unpaired) electrons. The third-order valence-corrected chi connectivity index (χ3v) is 4.18. The Balaban J connectivity index is 2.00. The predicted octanol–water partition coefficient (Wildman–Crippen LogP) is 3.73. The molecular weight excluding hydrogens is 268 g/mol. The fourth-order valence-electron chi connectivity index (χ4n) is 2.72. The van der Waals surface area contributed by atoms with E-state index in [2.05, 4.69) is 41.4 Å². The molecule has 1 saturated heterocycles. The molecule has 0 aliphatic carbocycles. The van der Waals surface area contributed by atoms with E-state index >= 15 is 0 Å². The lowest BCUT2D eigenvalue weighted by atomic mass is 10.0. The van der Waals surface area contributed by atoms with Gasteiger partial charge in [-0.15, -0.1) is 0 Å². The molecule has 0 saturated carbocycles. The summed E-state index contributed by atoms with van der Waals surface area (Å²) >= 11 is 6.31. The molecule has 1 aliphatic rings. The first kappa shape index (κ1) is 13.5. The predicted molar refractivity (Wildman–Crippen MR) is 86.7 cm³/mol. The van der Waals surface area contributed by atoms with Gasteiger partial charge in [0, 0.05) is 42.5 Å². The first-order valence-corrected chi connectivity index (χ1v) is 7.45. The minimum Gasteiger partial charge on any atom is -0.369 e. The molecule has 3 heteroatoms. The molecule has 104 valence electrons. The number of halogens is 1. The van der Waals surface area contributed by atoms with Crippen molar-refractivity contribution in [1.82, 2.24) is 5.32 Å². The summed E-state index contributed by atoms with van der Waals surface area (Å²) in [5.41, 5.74) is 4.94. The number of benzene rings is 2. The summed E-state index contributed by atoms with van der Waals surface area (Å²) in [6.45, 7) is 6.40. The number of nitrogens with one attached hydrogen (secondary N) is 1. The zero-order valence-electron chi connectivity index (χ0n) is 11.7. The highest BCUT2D eigenvalue weighted by Crippen LogP contribution is 2.32. The molecule has 0 spiro atoms. The van der Waals surface area contributed by atoms with Gasteiger partial charge >= 0.3 is 0 Å². The average molecular weight is 287 g/mol. The van der Waals surface area contributed by atoms with Crippen LogP contribution in [0.1, 0.15) is 5.56 Å². The number of hydrogen-bond donors (Lipinski definition) is 1. The van der Waals surface area contributed by atoms with E-state index in [9.17, 15) is 0 Å². The number of hydrogen-bond acceptors (Lipinski definition) is 2. The summed E-state index contributed by atoms with van der Waals surface area (Å²) in [5, 5.41) is 4.20. The highest BCUT2D eigenvalue weighted by Gasteiger charge is 2.14. The average Bonchev–Trinajstić information content (AvgIpc) is 2.49.